The lowest BCUT2D eigenvalue weighted by Gasteiger charge is -2.32. The van der Waals surface area contributed by atoms with E-state index in [1.807, 2.05) is 35.2 Å². The number of halogens is 2. The fraction of sp³-hybridized carbons (Fsp3) is 0.412. The number of nitrogens with zero attached hydrogens (tertiary/aromatic N) is 6. The van der Waals surface area contributed by atoms with Crippen LogP contribution in [0.3, 0.4) is 0 Å². The van der Waals surface area contributed by atoms with E-state index < -0.39 is 11.3 Å². The Balaban J connectivity index is 1.48. The van der Waals surface area contributed by atoms with Crippen LogP contribution in [0.1, 0.15) is 19.3 Å². The highest BCUT2D eigenvalue weighted by atomic mass is 19.3. The molecule has 2 aliphatic rings. The van der Waals surface area contributed by atoms with Crippen molar-refractivity contribution in [2.75, 3.05) is 18.0 Å². The Kier molecular flexibility index (Phi) is 2.90. The summed E-state index contributed by atoms with van der Waals surface area (Å²) in [4.78, 5) is 10.7. The summed E-state index contributed by atoms with van der Waals surface area (Å²) in [5.41, 5.74) is 1.31. The lowest BCUT2D eigenvalue weighted by Crippen LogP contribution is -2.37. The van der Waals surface area contributed by atoms with Crippen molar-refractivity contribution < 1.29 is 8.78 Å². The number of anilines is 1. The van der Waals surface area contributed by atoms with Crippen LogP contribution < -0.4 is 4.90 Å². The molecule has 0 bridgehead atoms. The Labute approximate surface area is 142 Å². The van der Waals surface area contributed by atoms with Crippen LogP contribution in [0.25, 0.3) is 16.9 Å². The van der Waals surface area contributed by atoms with Gasteiger partial charge in [0.25, 0.3) is 5.92 Å². The van der Waals surface area contributed by atoms with Crippen molar-refractivity contribution in [2.45, 2.75) is 25.2 Å². The van der Waals surface area contributed by atoms with Crippen molar-refractivity contribution in [2.24, 2.45) is 5.41 Å². The van der Waals surface area contributed by atoms with E-state index >= 15 is 0 Å². The molecule has 1 saturated heterocycles. The molecule has 0 atom stereocenters. The van der Waals surface area contributed by atoms with Gasteiger partial charge >= 0.3 is 0 Å². The molecule has 25 heavy (non-hydrogen) atoms. The molecule has 5 rings (SSSR count). The van der Waals surface area contributed by atoms with Gasteiger partial charge in [0, 0.05) is 24.9 Å². The van der Waals surface area contributed by atoms with Crippen molar-refractivity contribution in [3.63, 3.8) is 0 Å². The third-order valence-electron chi connectivity index (χ3n) is 5.45. The molecule has 1 spiro atoms. The highest BCUT2D eigenvalue weighted by Crippen LogP contribution is 2.65. The van der Waals surface area contributed by atoms with Gasteiger partial charge in [-0.2, -0.15) is 4.68 Å². The van der Waals surface area contributed by atoms with E-state index in [-0.39, 0.29) is 6.42 Å². The summed E-state index contributed by atoms with van der Waals surface area (Å²) in [6.07, 6.45) is 2.48. The van der Waals surface area contributed by atoms with Gasteiger partial charge < -0.3 is 4.90 Å². The van der Waals surface area contributed by atoms with E-state index in [1.165, 1.54) is 6.33 Å². The van der Waals surface area contributed by atoms with Crippen molar-refractivity contribution in [1.29, 1.82) is 0 Å². The summed E-state index contributed by atoms with van der Waals surface area (Å²) >= 11 is 0. The molecule has 3 heterocycles. The maximum Gasteiger partial charge on any atom is 0.254 e. The van der Waals surface area contributed by atoms with E-state index in [2.05, 4.69) is 20.3 Å². The number of para-hydroxylation sites is 1. The Bertz CT molecular complexity index is 931. The quantitative estimate of drug-likeness (QED) is 0.717. The number of aromatic nitrogens is 5. The molecule has 0 unspecified atom stereocenters. The average molecular weight is 342 g/mol. The topological polar surface area (TPSA) is 59.7 Å². The molecule has 0 N–H and O–H groups in total. The SMILES string of the molecule is FC1(F)CC12CCN(c1ncnc3c1nnn3-c1ccccc1)CC2. The zero-order chi connectivity index (χ0) is 17.1. The predicted molar refractivity (Wildman–Crippen MR) is 87.9 cm³/mol. The van der Waals surface area contributed by atoms with E-state index in [9.17, 15) is 8.78 Å². The molecular formula is C17H16F2N6. The molecule has 0 amide bonds. The molecule has 0 radical (unpaired) electrons. The van der Waals surface area contributed by atoms with Crippen LogP contribution in [0.5, 0.6) is 0 Å². The van der Waals surface area contributed by atoms with Crippen LogP contribution >= 0.6 is 0 Å². The van der Waals surface area contributed by atoms with Gasteiger partial charge in [-0.15, -0.1) is 5.10 Å². The van der Waals surface area contributed by atoms with Gasteiger partial charge in [0.1, 0.15) is 6.33 Å². The highest BCUT2D eigenvalue weighted by molar-refractivity contribution is 5.83. The number of hydrogen-bond acceptors (Lipinski definition) is 5. The van der Waals surface area contributed by atoms with Gasteiger partial charge in [0.05, 0.1) is 5.69 Å². The third-order valence-corrected chi connectivity index (χ3v) is 5.45. The maximum absolute atomic E-state index is 13.6. The largest absolute Gasteiger partial charge is 0.355 e. The average Bonchev–Trinajstić information content (AvgIpc) is 2.96. The van der Waals surface area contributed by atoms with Crippen LogP contribution in [0.4, 0.5) is 14.6 Å². The van der Waals surface area contributed by atoms with Crippen molar-refractivity contribution in [3.05, 3.63) is 36.7 Å². The summed E-state index contributed by atoms with van der Waals surface area (Å²) in [7, 11) is 0. The zero-order valence-electron chi connectivity index (χ0n) is 13.4. The molecule has 2 fully saturated rings. The first-order chi connectivity index (χ1) is 12.1. The van der Waals surface area contributed by atoms with Gasteiger partial charge in [-0.3, -0.25) is 0 Å². The summed E-state index contributed by atoms with van der Waals surface area (Å²) < 4.78 is 28.8. The van der Waals surface area contributed by atoms with Gasteiger partial charge in [-0.1, -0.05) is 23.4 Å². The van der Waals surface area contributed by atoms with Crippen molar-refractivity contribution in [1.82, 2.24) is 25.0 Å². The number of alkyl halides is 2. The van der Waals surface area contributed by atoms with E-state index in [1.54, 1.807) is 4.68 Å². The molecular weight excluding hydrogens is 326 g/mol. The minimum atomic E-state index is -2.49. The summed E-state index contributed by atoms with van der Waals surface area (Å²) in [6, 6.07) is 9.63. The first-order valence-corrected chi connectivity index (χ1v) is 8.34. The van der Waals surface area contributed by atoms with E-state index in [4.69, 9.17) is 0 Å². The van der Waals surface area contributed by atoms with E-state index in [0.29, 0.717) is 42.9 Å². The minimum Gasteiger partial charge on any atom is -0.355 e. The van der Waals surface area contributed by atoms with Crippen molar-refractivity contribution >= 4 is 17.0 Å². The summed E-state index contributed by atoms with van der Waals surface area (Å²) in [5, 5.41) is 8.45. The lowest BCUT2D eigenvalue weighted by molar-refractivity contribution is 0.0537. The minimum absolute atomic E-state index is 0.0250. The molecule has 8 heteroatoms. The Morgan fingerprint density at radius 2 is 1.72 bits per heavy atom. The Hall–Kier alpha value is -2.64. The summed E-state index contributed by atoms with van der Waals surface area (Å²) in [5.74, 6) is -1.82. The molecule has 128 valence electrons. The van der Waals surface area contributed by atoms with Gasteiger partial charge in [0.2, 0.25) is 0 Å². The number of hydrogen-bond donors (Lipinski definition) is 0. The first-order valence-electron chi connectivity index (χ1n) is 8.34. The molecule has 1 aromatic carbocycles. The van der Waals surface area contributed by atoms with Crippen LogP contribution in [-0.4, -0.2) is 44.0 Å². The van der Waals surface area contributed by atoms with Crippen LogP contribution in [0.2, 0.25) is 0 Å². The molecule has 1 aliphatic carbocycles. The second-order valence-electron chi connectivity index (χ2n) is 6.85. The van der Waals surface area contributed by atoms with E-state index in [0.717, 1.165) is 5.69 Å². The fourth-order valence-electron chi connectivity index (χ4n) is 3.78. The van der Waals surface area contributed by atoms with Crippen LogP contribution in [0, 0.1) is 5.41 Å². The fourth-order valence-corrected chi connectivity index (χ4v) is 3.78. The Morgan fingerprint density at radius 3 is 2.40 bits per heavy atom. The molecule has 1 aliphatic heterocycles. The molecule has 1 saturated carbocycles. The maximum atomic E-state index is 13.6. The number of fused-ring (bicyclic) bond motifs is 1. The standard InChI is InChI=1S/C17H16F2N6/c18-17(19)10-16(17)6-8-24(9-7-16)14-13-15(21-11-20-14)25(23-22-13)12-4-2-1-3-5-12/h1-5,11H,6-10H2. The Morgan fingerprint density at radius 1 is 1.00 bits per heavy atom. The molecule has 2 aromatic heterocycles. The number of piperidine rings is 1. The monoisotopic (exact) mass is 342 g/mol. The molecule has 6 nitrogen and oxygen atoms in total. The van der Waals surface area contributed by atoms with Gasteiger partial charge in [-0.05, 0) is 25.0 Å². The predicted octanol–water partition coefficient (Wildman–Crippen LogP) is 2.84. The van der Waals surface area contributed by atoms with Crippen molar-refractivity contribution in [3.8, 4) is 5.69 Å². The third kappa shape index (κ3) is 2.13. The number of rotatable bonds is 2. The molecule has 3 aromatic rings. The normalized spacial score (nSPS) is 21.0. The number of benzene rings is 1. The van der Waals surface area contributed by atoms with Crippen LogP contribution in [-0.2, 0) is 0 Å². The highest BCUT2D eigenvalue weighted by Gasteiger charge is 2.70. The smallest absolute Gasteiger partial charge is 0.254 e. The van der Waals surface area contributed by atoms with Crippen LogP contribution in [0.15, 0.2) is 36.7 Å². The first kappa shape index (κ1) is 14.7. The lowest BCUT2D eigenvalue weighted by atomic mass is 9.93. The van der Waals surface area contributed by atoms with Gasteiger partial charge in [-0.25, -0.2) is 18.7 Å². The second kappa shape index (κ2) is 4.93. The van der Waals surface area contributed by atoms with Gasteiger partial charge in [0.15, 0.2) is 17.0 Å². The second-order valence-corrected chi connectivity index (χ2v) is 6.85. The zero-order valence-corrected chi connectivity index (χ0v) is 13.4. The summed E-state index contributed by atoms with van der Waals surface area (Å²) in [6.45, 7) is 1.11.